The second-order valence-corrected chi connectivity index (χ2v) is 12.2. The second kappa shape index (κ2) is 10.1. The van der Waals surface area contributed by atoms with E-state index in [1.54, 1.807) is 0 Å². The standard InChI is InChI=1S/C44H26N2O/c1-2-8-27(9-3-1)28-14-17-30(18-15-28)42-43(46-39-12-6-5-11-38(39)45-42)32-21-22-33-31(26-32)19-16-29-20-23-37-35(41(29)33)24-25-36-34-10-4-7-13-40(34)47-44(36)37/h1-26H. The molecule has 2 heterocycles. The topological polar surface area (TPSA) is 38.9 Å². The Kier molecular flexibility index (Phi) is 5.57. The number of furan rings is 1. The van der Waals surface area contributed by atoms with E-state index in [4.69, 9.17) is 14.4 Å². The summed E-state index contributed by atoms with van der Waals surface area (Å²) in [5.74, 6) is 0. The van der Waals surface area contributed by atoms with Crippen LogP contribution in [0.25, 0.3) is 98.9 Å². The van der Waals surface area contributed by atoms with E-state index < -0.39 is 0 Å². The molecule has 3 nitrogen and oxygen atoms in total. The summed E-state index contributed by atoms with van der Waals surface area (Å²) in [4.78, 5) is 10.4. The van der Waals surface area contributed by atoms with E-state index in [9.17, 15) is 0 Å². The molecule has 0 aliphatic heterocycles. The summed E-state index contributed by atoms with van der Waals surface area (Å²) in [6, 6.07) is 55.5. The van der Waals surface area contributed by atoms with E-state index in [2.05, 4.69) is 115 Å². The van der Waals surface area contributed by atoms with E-state index in [0.717, 1.165) is 66.3 Å². The average molecular weight is 599 g/mol. The maximum atomic E-state index is 6.41. The van der Waals surface area contributed by atoms with E-state index in [1.807, 2.05) is 42.5 Å². The van der Waals surface area contributed by atoms with Crippen LogP contribution in [0.3, 0.4) is 0 Å². The maximum absolute atomic E-state index is 6.41. The van der Waals surface area contributed by atoms with Crippen molar-refractivity contribution in [3.63, 3.8) is 0 Å². The number of aromatic nitrogens is 2. The molecule has 3 heteroatoms. The van der Waals surface area contributed by atoms with Crippen LogP contribution in [0, 0.1) is 0 Å². The number of hydrogen-bond acceptors (Lipinski definition) is 3. The van der Waals surface area contributed by atoms with Crippen molar-refractivity contribution in [3.8, 4) is 33.6 Å². The van der Waals surface area contributed by atoms with Crippen LogP contribution in [0.15, 0.2) is 162 Å². The molecule has 0 saturated heterocycles. The summed E-state index contributed by atoms with van der Waals surface area (Å²) in [6.07, 6.45) is 0. The molecule has 0 fully saturated rings. The molecule has 0 atom stereocenters. The first-order chi connectivity index (χ1) is 23.3. The van der Waals surface area contributed by atoms with Crippen LogP contribution in [0.2, 0.25) is 0 Å². The van der Waals surface area contributed by atoms with E-state index >= 15 is 0 Å². The van der Waals surface area contributed by atoms with Gasteiger partial charge in [-0.2, -0.15) is 0 Å². The van der Waals surface area contributed by atoms with Crippen molar-refractivity contribution in [2.24, 2.45) is 0 Å². The number of benzene rings is 8. The van der Waals surface area contributed by atoms with Gasteiger partial charge in [0.1, 0.15) is 11.2 Å². The van der Waals surface area contributed by atoms with Crippen LogP contribution in [0.5, 0.6) is 0 Å². The van der Waals surface area contributed by atoms with Gasteiger partial charge in [-0.25, -0.2) is 9.97 Å². The SMILES string of the molecule is c1ccc(-c2ccc(-c3nc4ccccc4nc3-c3ccc4c(ccc5ccc6c(ccc7c8ccccc8oc76)c54)c3)cc2)cc1. The number of para-hydroxylation sites is 3. The Hall–Kier alpha value is -6.32. The van der Waals surface area contributed by atoms with Crippen LogP contribution in [0.4, 0.5) is 0 Å². The quantitative estimate of drug-likeness (QED) is 0.190. The van der Waals surface area contributed by atoms with Crippen LogP contribution >= 0.6 is 0 Å². The first kappa shape index (κ1) is 26.0. The number of fused-ring (bicyclic) bond motifs is 10. The Morgan fingerprint density at radius 3 is 1.74 bits per heavy atom. The molecule has 0 radical (unpaired) electrons. The van der Waals surface area contributed by atoms with Gasteiger partial charge in [0, 0.05) is 27.3 Å². The van der Waals surface area contributed by atoms with E-state index in [1.165, 1.54) is 32.7 Å². The first-order valence-electron chi connectivity index (χ1n) is 15.9. The largest absolute Gasteiger partial charge is 0.455 e. The highest BCUT2D eigenvalue weighted by molar-refractivity contribution is 6.26. The van der Waals surface area contributed by atoms with Crippen LogP contribution < -0.4 is 0 Å². The Balaban J connectivity index is 1.17. The maximum Gasteiger partial charge on any atom is 0.143 e. The molecule has 0 spiro atoms. The second-order valence-electron chi connectivity index (χ2n) is 12.2. The fourth-order valence-corrected chi connectivity index (χ4v) is 7.15. The lowest BCUT2D eigenvalue weighted by atomic mass is 9.93. The predicted octanol–water partition coefficient (Wildman–Crippen LogP) is 12.0. The molecule has 218 valence electrons. The van der Waals surface area contributed by atoms with Crippen molar-refractivity contribution in [1.29, 1.82) is 0 Å². The molecule has 0 saturated carbocycles. The third kappa shape index (κ3) is 4.07. The van der Waals surface area contributed by atoms with Crippen molar-refractivity contribution in [2.45, 2.75) is 0 Å². The van der Waals surface area contributed by atoms with Gasteiger partial charge in [-0.15, -0.1) is 0 Å². The van der Waals surface area contributed by atoms with Gasteiger partial charge in [0.2, 0.25) is 0 Å². The monoisotopic (exact) mass is 598 g/mol. The molecule has 0 N–H and O–H groups in total. The van der Waals surface area contributed by atoms with Gasteiger partial charge in [0.25, 0.3) is 0 Å². The fourth-order valence-electron chi connectivity index (χ4n) is 7.15. The molecule has 10 aromatic rings. The van der Waals surface area contributed by atoms with E-state index in [-0.39, 0.29) is 0 Å². The van der Waals surface area contributed by atoms with Gasteiger partial charge < -0.3 is 4.42 Å². The van der Waals surface area contributed by atoms with Gasteiger partial charge in [0.05, 0.1) is 22.4 Å². The molecule has 10 rings (SSSR count). The van der Waals surface area contributed by atoms with Crippen molar-refractivity contribution in [2.75, 3.05) is 0 Å². The number of hydrogen-bond donors (Lipinski definition) is 0. The molecule has 2 aromatic heterocycles. The Morgan fingerprint density at radius 1 is 0.362 bits per heavy atom. The minimum absolute atomic E-state index is 0.875. The first-order valence-corrected chi connectivity index (χ1v) is 15.9. The number of nitrogens with zero attached hydrogens (tertiary/aromatic N) is 2. The zero-order valence-electron chi connectivity index (χ0n) is 25.3. The zero-order chi connectivity index (χ0) is 30.9. The lowest BCUT2D eigenvalue weighted by Gasteiger charge is -2.13. The summed E-state index contributed by atoms with van der Waals surface area (Å²) in [5, 5.41) is 9.42. The lowest BCUT2D eigenvalue weighted by molar-refractivity contribution is 0.672. The highest BCUT2D eigenvalue weighted by Gasteiger charge is 2.17. The summed E-state index contributed by atoms with van der Waals surface area (Å²) in [7, 11) is 0. The van der Waals surface area contributed by atoms with Gasteiger partial charge in [-0.1, -0.05) is 121 Å². The molecular formula is C44H26N2O. The molecule has 47 heavy (non-hydrogen) atoms. The van der Waals surface area contributed by atoms with Crippen molar-refractivity contribution in [3.05, 3.63) is 158 Å². The van der Waals surface area contributed by atoms with Gasteiger partial charge >= 0.3 is 0 Å². The van der Waals surface area contributed by atoms with Crippen LogP contribution in [-0.2, 0) is 0 Å². The van der Waals surface area contributed by atoms with E-state index in [0.29, 0.717) is 0 Å². The molecule has 0 bridgehead atoms. The van der Waals surface area contributed by atoms with Crippen LogP contribution in [0.1, 0.15) is 0 Å². The molecule has 0 aliphatic carbocycles. The van der Waals surface area contributed by atoms with Gasteiger partial charge in [-0.05, 0) is 74.5 Å². The molecule has 0 amide bonds. The molecule has 0 unspecified atom stereocenters. The number of rotatable bonds is 3. The minimum Gasteiger partial charge on any atom is -0.455 e. The Labute approximate surface area is 270 Å². The lowest BCUT2D eigenvalue weighted by Crippen LogP contribution is -1.95. The molecular weight excluding hydrogens is 572 g/mol. The normalized spacial score (nSPS) is 11.8. The smallest absolute Gasteiger partial charge is 0.143 e. The average Bonchev–Trinajstić information content (AvgIpc) is 3.53. The Morgan fingerprint density at radius 2 is 0.915 bits per heavy atom. The highest BCUT2D eigenvalue weighted by Crippen LogP contribution is 2.40. The van der Waals surface area contributed by atoms with Crippen molar-refractivity contribution < 1.29 is 4.42 Å². The highest BCUT2D eigenvalue weighted by atomic mass is 16.3. The summed E-state index contributed by atoms with van der Waals surface area (Å²) >= 11 is 0. The fraction of sp³-hybridized carbons (Fsp3) is 0. The summed E-state index contributed by atoms with van der Waals surface area (Å²) in [5.41, 5.74) is 9.82. The Bertz CT molecular complexity index is 2830. The predicted molar refractivity (Wildman–Crippen MR) is 196 cm³/mol. The molecule has 0 aliphatic rings. The summed E-state index contributed by atoms with van der Waals surface area (Å²) in [6.45, 7) is 0. The van der Waals surface area contributed by atoms with Crippen LogP contribution in [-0.4, -0.2) is 9.97 Å². The van der Waals surface area contributed by atoms with Crippen molar-refractivity contribution in [1.82, 2.24) is 9.97 Å². The summed E-state index contributed by atoms with van der Waals surface area (Å²) < 4.78 is 6.41. The zero-order valence-corrected chi connectivity index (χ0v) is 25.3. The third-order valence-electron chi connectivity index (χ3n) is 9.45. The molecule has 8 aromatic carbocycles. The van der Waals surface area contributed by atoms with Gasteiger partial charge in [0.15, 0.2) is 0 Å². The van der Waals surface area contributed by atoms with Gasteiger partial charge in [-0.3, -0.25) is 0 Å². The third-order valence-corrected chi connectivity index (χ3v) is 9.45. The van der Waals surface area contributed by atoms with Crippen molar-refractivity contribution >= 4 is 65.3 Å². The minimum atomic E-state index is 0.875.